The molecule has 0 unspecified atom stereocenters. The predicted octanol–water partition coefficient (Wildman–Crippen LogP) is 2.46. The maximum Gasteiger partial charge on any atom is 0.407 e. The molecule has 1 saturated carbocycles. The summed E-state index contributed by atoms with van der Waals surface area (Å²) < 4.78 is 0. The monoisotopic (exact) mass is 239 g/mol. The summed E-state index contributed by atoms with van der Waals surface area (Å²) >= 11 is 1.40. The van der Waals surface area contributed by atoms with E-state index >= 15 is 0 Å². The van der Waals surface area contributed by atoms with Gasteiger partial charge in [-0.05, 0) is 24.3 Å². The van der Waals surface area contributed by atoms with Gasteiger partial charge in [-0.1, -0.05) is 6.07 Å². The van der Waals surface area contributed by atoms with E-state index in [1.807, 2.05) is 11.4 Å². The first kappa shape index (κ1) is 11.1. The molecule has 4 nitrogen and oxygen atoms in total. The Bertz CT molecular complexity index is 409. The molecular formula is C11H13NO3S. The summed E-state index contributed by atoms with van der Waals surface area (Å²) in [5, 5.41) is 10.8. The number of rotatable bonds is 4. The average Bonchev–Trinajstić information content (AvgIpc) is 2.82. The Hall–Kier alpha value is -1.36. The number of hydrogen-bond acceptors (Lipinski definition) is 3. The van der Waals surface area contributed by atoms with Gasteiger partial charge >= 0.3 is 6.09 Å². The zero-order valence-corrected chi connectivity index (χ0v) is 9.79. The molecule has 1 aliphatic rings. The van der Waals surface area contributed by atoms with Crippen molar-refractivity contribution in [2.45, 2.75) is 24.8 Å². The summed E-state index contributed by atoms with van der Waals surface area (Å²) in [6.07, 6.45) is 0.910. The third-order valence-electron chi connectivity index (χ3n) is 3.11. The van der Waals surface area contributed by atoms with Crippen molar-refractivity contribution in [3.63, 3.8) is 0 Å². The third-order valence-corrected chi connectivity index (χ3v) is 4.02. The Kier molecular flexibility index (Phi) is 2.71. The van der Waals surface area contributed by atoms with Crippen LogP contribution in [0.5, 0.6) is 0 Å². The first-order valence-corrected chi connectivity index (χ1v) is 5.97. The van der Waals surface area contributed by atoms with E-state index in [1.165, 1.54) is 23.3 Å². The lowest BCUT2D eigenvalue weighted by atomic mass is 10.1. The SMILES string of the molecule is CN(C(=O)O)C1(CC(=O)c2cccs2)CC1. The van der Waals surface area contributed by atoms with E-state index in [9.17, 15) is 9.59 Å². The summed E-state index contributed by atoms with van der Waals surface area (Å²) in [6.45, 7) is 0. The molecule has 1 aromatic heterocycles. The Morgan fingerprint density at radius 3 is 2.69 bits per heavy atom. The lowest BCUT2D eigenvalue weighted by molar-refractivity contribution is 0.0910. The van der Waals surface area contributed by atoms with Crippen molar-refractivity contribution >= 4 is 23.2 Å². The van der Waals surface area contributed by atoms with Crippen LogP contribution in [0.4, 0.5) is 4.79 Å². The summed E-state index contributed by atoms with van der Waals surface area (Å²) in [7, 11) is 1.54. The van der Waals surface area contributed by atoms with Crippen LogP contribution in [0.2, 0.25) is 0 Å². The van der Waals surface area contributed by atoms with Crippen LogP contribution >= 0.6 is 11.3 Å². The Labute approximate surface area is 97.5 Å². The predicted molar refractivity (Wildman–Crippen MR) is 61.0 cm³/mol. The number of hydrogen-bond donors (Lipinski definition) is 1. The minimum atomic E-state index is -0.962. The van der Waals surface area contributed by atoms with Crippen LogP contribution in [0.3, 0.4) is 0 Å². The summed E-state index contributed by atoms with van der Waals surface area (Å²) in [4.78, 5) is 24.7. The number of Topliss-reactive ketones (excluding diaryl/α,β-unsaturated/α-hetero) is 1. The van der Waals surface area contributed by atoms with E-state index in [-0.39, 0.29) is 5.78 Å². The fourth-order valence-corrected chi connectivity index (χ4v) is 2.47. The highest BCUT2D eigenvalue weighted by molar-refractivity contribution is 7.12. The van der Waals surface area contributed by atoms with Crippen LogP contribution in [0.15, 0.2) is 17.5 Å². The first-order valence-electron chi connectivity index (χ1n) is 5.09. The molecule has 1 fully saturated rings. The Morgan fingerprint density at radius 2 is 2.25 bits per heavy atom. The standard InChI is InChI=1S/C11H13NO3S/c1-12(10(14)15)11(4-5-11)7-8(13)9-3-2-6-16-9/h2-3,6H,4-5,7H2,1H3,(H,14,15). The van der Waals surface area contributed by atoms with Gasteiger partial charge in [0.05, 0.1) is 10.4 Å². The van der Waals surface area contributed by atoms with Crippen LogP contribution in [0, 0.1) is 0 Å². The molecule has 0 saturated heterocycles. The quantitative estimate of drug-likeness (QED) is 0.821. The molecule has 0 radical (unpaired) electrons. The van der Waals surface area contributed by atoms with Crippen molar-refractivity contribution in [1.82, 2.24) is 4.90 Å². The van der Waals surface area contributed by atoms with E-state index in [0.29, 0.717) is 11.3 Å². The van der Waals surface area contributed by atoms with E-state index in [1.54, 1.807) is 6.07 Å². The molecule has 1 amide bonds. The van der Waals surface area contributed by atoms with Gasteiger partial charge in [0.25, 0.3) is 0 Å². The van der Waals surface area contributed by atoms with Gasteiger partial charge in [0.1, 0.15) is 0 Å². The van der Waals surface area contributed by atoms with E-state index in [2.05, 4.69) is 0 Å². The van der Waals surface area contributed by atoms with Crippen LogP contribution in [-0.4, -0.2) is 34.5 Å². The number of carbonyl (C=O) groups excluding carboxylic acids is 1. The highest BCUT2D eigenvalue weighted by Gasteiger charge is 2.50. The van der Waals surface area contributed by atoms with Gasteiger partial charge in [0, 0.05) is 13.5 Å². The first-order chi connectivity index (χ1) is 7.55. The molecule has 0 aliphatic heterocycles. The molecular weight excluding hydrogens is 226 g/mol. The molecule has 0 spiro atoms. The van der Waals surface area contributed by atoms with Gasteiger partial charge in [-0.2, -0.15) is 0 Å². The molecule has 1 N–H and O–H groups in total. The van der Waals surface area contributed by atoms with Crippen molar-refractivity contribution in [3.05, 3.63) is 22.4 Å². The molecule has 0 atom stereocenters. The molecule has 1 aliphatic carbocycles. The topological polar surface area (TPSA) is 57.6 Å². The lowest BCUT2D eigenvalue weighted by Crippen LogP contribution is -2.39. The van der Waals surface area contributed by atoms with Crippen molar-refractivity contribution in [2.75, 3.05) is 7.05 Å². The van der Waals surface area contributed by atoms with Gasteiger partial charge in [0.15, 0.2) is 5.78 Å². The van der Waals surface area contributed by atoms with E-state index in [0.717, 1.165) is 12.8 Å². The summed E-state index contributed by atoms with van der Waals surface area (Å²) in [5.74, 6) is 0.0422. The number of carboxylic acid groups (broad SMARTS) is 1. The van der Waals surface area contributed by atoms with Crippen LogP contribution in [-0.2, 0) is 0 Å². The molecule has 5 heteroatoms. The van der Waals surface area contributed by atoms with Crippen LogP contribution in [0.1, 0.15) is 28.9 Å². The fraction of sp³-hybridized carbons (Fsp3) is 0.455. The normalized spacial score (nSPS) is 16.8. The zero-order valence-electron chi connectivity index (χ0n) is 8.97. The van der Waals surface area contributed by atoms with E-state index in [4.69, 9.17) is 5.11 Å². The average molecular weight is 239 g/mol. The van der Waals surface area contributed by atoms with Crippen molar-refractivity contribution in [1.29, 1.82) is 0 Å². The van der Waals surface area contributed by atoms with E-state index < -0.39 is 11.6 Å². The van der Waals surface area contributed by atoms with Gasteiger partial charge in [-0.15, -0.1) is 11.3 Å². The van der Waals surface area contributed by atoms with Crippen LogP contribution < -0.4 is 0 Å². The second kappa shape index (κ2) is 3.90. The molecule has 1 aromatic rings. The Morgan fingerprint density at radius 1 is 1.56 bits per heavy atom. The number of amides is 1. The number of thiophene rings is 1. The largest absolute Gasteiger partial charge is 0.465 e. The second-order valence-corrected chi connectivity index (χ2v) is 5.09. The number of ketones is 1. The van der Waals surface area contributed by atoms with Gasteiger partial charge in [0.2, 0.25) is 0 Å². The minimum absolute atomic E-state index is 0.0422. The molecule has 16 heavy (non-hydrogen) atoms. The third kappa shape index (κ3) is 1.95. The molecule has 86 valence electrons. The maximum atomic E-state index is 11.9. The van der Waals surface area contributed by atoms with Crippen molar-refractivity contribution in [2.24, 2.45) is 0 Å². The van der Waals surface area contributed by atoms with Gasteiger partial charge in [-0.25, -0.2) is 4.79 Å². The van der Waals surface area contributed by atoms with Crippen LogP contribution in [0.25, 0.3) is 0 Å². The van der Waals surface area contributed by atoms with Gasteiger partial charge < -0.3 is 10.0 Å². The lowest BCUT2D eigenvalue weighted by Gasteiger charge is -2.24. The molecule has 0 aromatic carbocycles. The molecule has 1 heterocycles. The minimum Gasteiger partial charge on any atom is -0.465 e. The second-order valence-electron chi connectivity index (χ2n) is 4.14. The van der Waals surface area contributed by atoms with Gasteiger partial charge in [-0.3, -0.25) is 4.79 Å². The highest BCUT2D eigenvalue weighted by atomic mass is 32.1. The van der Waals surface area contributed by atoms with Crippen molar-refractivity contribution in [3.8, 4) is 0 Å². The molecule has 0 bridgehead atoms. The Balaban J connectivity index is 2.05. The van der Waals surface area contributed by atoms with Crippen molar-refractivity contribution < 1.29 is 14.7 Å². The fourth-order valence-electron chi connectivity index (χ4n) is 1.80. The maximum absolute atomic E-state index is 11.9. The highest BCUT2D eigenvalue weighted by Crippen LogP contribution is 2.44. The summed E-state index contributed by atoms with van der Waals surface area (Å²) in [6, 6.07) is 3.61. The smallest absolute Gasteiger partial charge is 0.407 e. The number of nitrogens with zero attached hydrogens (tertiary/aromatic N) is 1. The molecule has 2 rings (SSSR count). The number of carbonyl (C=O) groups is 2. The zero-order chi connectivity index (χ0) is 11.8. The summed E-state index contributed by atoms with van der Waals surface area (Å²) in [5.41, 5.74) is -0.438.